The summed E-state index contributed by atoms with van der Waals surface area (Å²) in [5.41, 5.74) is 0.966. The lowest BCUT2D eigenvalue weighted by Gasteiger charge is -2.11. The monoisotopic (exact) mass is 643 g/mol. The Balaban J connectivity index is 1.54. The number of amides is 2. The number of nitrogens with zero attached hydrogens (tertiary/aromatic N) is 3. The van der Waals surface area contributed by atoms with Gasteiger partial charge in [0, 0.05) is 11.3 Å². The van der Waals surface area contributed by atoms with E-state index >= 15 is 0 Å². The molecule has 2 aromatic carbocycles. The zero-order chi connectivity index (χ0) is 31.8. The van der Waals surface area contributed by atoms with Crippen LogP contribution in [0.5, 0.6) is 0 Å². The molecule has 0 spiro atoms. The second-order valence-corrected chi connectivity index (χ2v) is 10.9. The molecule has 15 heteroatoms. The number of benzene rings is 2. The van der Waals surface area contributed by atoms with Crippen LogP contribution in [-0.2, 0) is 20.8 Å². The third kappa shape index (κ3) is 7.65. The maximum Gasteiger partial charge on any atom is 0.348 e. The lowest BCUT2D eigenvalue weighted by molar-refractivity contribution is -0.113. The Morgan fingerprint density at radius 1 is 0.955 bits per heavy atom. The fourth-order valence-electron chi connectivity index (χ4n) is 3.98. The first-order chi connectivity index (χ1) is 21.1. The largest absolute Gasteiger partial charge is 0.462 e. The Hall–Kier alpha value is -4.63. The number of rotatable bonds is 12. The zero-order valence-corrected chi connectivity index (χ0v) is 25.4. The summed E-state index contributed by atoms with van der Waals surface area (Å²) in [5.74, 6) is -3.34. The first-order valence-electron chi connectivity index (χ1n) is 13.3. The van der Waals surface area contributed by atoms with E-state index in [1.807, 2.05) is 0 Å². The summed E-state index contributed by atoms with van der Waals surface area (Å²) in [7, 11) is 0. The average molecular weight is 644 g/mol. The van der Waals surface area contributed by atoms with Gasteiger partial charge in [0.05, 0.1) is 31.1 Å². The molecule has 4 aromatic rings. The second-order valence-electron chi connectivity index (χ2n) is 8.94. The summed E-state index contributed by atoms with van der Waals surface area (Å²) in [4.78, 5) is 50.9. The van der Waals surface area contributed by atoms with Crippen LogP contribution in [0.1, 0.15) is 55.6 Å². The Labute approximate surface area is 259 Å². The highest BCUT2D eigenvalue weighted by Gasteiger charge is 2.27. The molecule has 2 aromatic heterocycles. The fourth-order valence-corrected chi connectivity index (χ4v) is 5.86. The molecule has 0 bridgehead atoms. The van der Waals surface area contributed by atoms with Crippen LogP contribution in [-0.4, -0.2) is 57.5 Å². The molecule has 44 heavy (non-hydrogen) atoms. The SMILES string of the molecule is CCOC(=O)c1sc(NC(=O)CSc2nnc(CNC(=O)c3cccc(F)c3)n2-c2ccc(F)cc2)c(C(=O)OCC)c1C. The molecule has 0 aliphatic rings. The van der Waals surface area contributed by atoms with Crippen molar-refractivity contribution in [1.29, 1.82) is 0 Å². The number of ether oxygens (including phenoxy) is 2. The molecule has 0 aliphatic heterocycles. The van der Waals surface area contributed by atoms with Crippen LogP contribution in [0.2, 0.25) is 0 Å². The number of halogens is 2. The number of esters is 2. The van der Waals surface area contributed by atoms with E-state index in [2.05, 4.69) is 20.8 Å². The number of hydrogen-bond donors (Lipinski definition) is 2. The second kappa shape index (κ2) is 14.7. The highest BCUT2D eigenvalue weighted by molar-refractivity contribution is 7.99. The number of aromatic nitrogens is 3. The van der Waals surface area contributed by atoms with Gasteiger partial charge in [0.1, 0.15) is 21.5 Å². The van der Waals surface area contributed by atoms with Gasteiger partial charge < -0.3 is 20.1 Å². The highest BCUT2D eigenvalue weighted by Crippen LogP contribution is 2.34. The normalized spacial score (nSPS) is 10.8. The standard InChI is InChI=1S/C29H27F2N5O6S2/c1-4-41-27(39)23-16(3)24(28(40)42-5-2)44-26(23)33-22(37)15-43-29-35-34-21(36(29)20-11-9-18(30)10-12-20)14-32-25(38)17-7-6-8-19(31)13-17/h6-13H,4-5,14-15H2,1-3H3,(H,32,38)(H,33,37). The van der Waals surface area contributed by atoms with Gasteiger partial charge in [-0.3, -0.25) is 14.2 Å². The Kier molecular flexibility index (Phi) is 10.8. The minimum atomic E-state index is -0.694. The van der Waals surface area contributed by atoms with Crippen LogP contribution < -0.4 is 10.6 Å². The maximum atomic E-state index is 13.7. The van der Waals surface area contributed by atoms with Crippen LogP contribution in [0.15, 0.2) is 53.7 Å². The summed E-state index contributed by atoms with van der Waals surface area (Å²) in [6.07, 6.45) is 0. The molecular formula is C29H27F2N5O6S2. The maximum absolute atomic E-state index is 13.7. The van der Waals surface area contributed by atoms with E-state index in [4.69, 9.17) is 9.47 Å². The van der Waals surface area contributed by atoms with E-state index in [-0.39, 0.29) is 57.5 Å². The van der Waals surface area contributed by atoms with Gasteiger partial charge in [-0.1, -0.05) is 17.8 Å². The molecule has 2 amide bonds. The molecule has 0 fully saturated rings. The number of carbonyl (C=O) groups is 4. The van der Waals surface area contributed by atoms with Crippen molar-refractivity contribution in [3.05, 3.63) is 87.6 Å². The molecule has 0 saturated heterocycles. The number of thioether (sulfide) groups is 1. The van der Waals surface area contributed by atoms with Gasteiger partial charge in [0.2, 0.25) is 5.91 Å². The molecule has 4 rings (SSSR count). The van der Waals surface area contributed by atoms with Gasteiger partial charge in [-0.05, 0) is 68.8 Å². The van der Waals surface area contributed by atoms with Crippen molar-refractivity contribution in [2.24, 2.45) is 0 Å². The molecule has 2 N–H and O–H groups in total. The molecule has 0 atom stereocenters. The predicted octanol–water partition coefficient (Wildman–Crippen LogP) is 4.93. The molecule has 2 heterocycles. The molecular weight excluding hydrogens is 616 g/mol. The summed E-state index contributed by atoms with van der Waals surface area (Å²) >= 11 is 1.90. The minimum absolute atomic E-state index is 0.0593. The van der Waals surface area contributed by atoms with Gasteiger partial charge in [-0.2, -0.15) is 0 Å². The lowest BCUT2D eigenvalue weighted by Crippen LogP contribution is -2.24. The molecule has 11 nitrogen and oxygen atoms in total. The van der Waals surface area contributed by atoms with Gasteiger partial charge >= 0.3 is 11.9 Å². The van der Waals surface area contributed by atoms with Gasteiger partial charge in [-0.25, -0.2) is 18.4 Å². The van der Waals surface area contributed by atoms with Crippen molar-refractivity contribution >= 4 is 51.9 Å². The number of thiophene rings is 1. The van der Waals surface area contributed by atoms with Crippen molar-refractivity contribution in [2.75, 3.05) is 24.3 Å². The first-order valence-corrected chi connectivity index (χ1v) is 15.1. The molecule has 0 radical (unpaired) electrons. The Morgan fingerprint density at radius 3 is 2.34 bits per heavy atom. The van der Waals surface area contributed by atoms with Gasteiger partial charge in [0.15, 0.2) is 11.0 Å². The molecule has 0 unspecified atom stereocenters. The predicted molar refractivity (Wildman–Crippen MR) is 159 cm³/mol. The van der Waals surface area contributed by atoms with E-state index in [0.29, 0.717) is 11.3 Å². The fraction of sp³-hybridized carbons (Fsp3) is 0.241. The lowest BCUT2D eigenvalue weighted by atomic mass is 10.1. The van der Waals surface area contributed by atoms with Crippen LogP contribution >= 0.6 is 23.1 Å². The Bertz CT molecular complexity index is 1690. The Morgan fingerprint density at radius 2 is 1.66 bits per heavy atom. The number of nitrogens with one attached hydrogen (secondary N) is 2. The molecule has 230 valence electrons. The van der Waals surface area contributed by atoms with Gasteiger partial charge in [0.25, 0.3) is 5.91 Å². The number of hydrogen-bond acceptors (Lipinski definition) is 10. The average Bonchev–Trinajstić information content (AvgIpc) is 3.55. The topological polar surface area (TPSA) is 142 Å². The zero-order valence-electron chi connectivity index (χ0n) is 23.8. The summed E-state index contributed by atoms with van der Waals surface area (Å²) < 4.78 is 39.0. The van der Waals surface area contributed by atoms with E-state index < -0.39 is 35.4 Å². The van der Waals surface area contributed by atoms with Crippen molar-refractivity contribution < 1.29 is 37.4 Å². The number of carbonyl (C=O) groups excluding carboxylic acids is 4. The van der Waals surface area contributed by atoms with Gasteiger partial charge in [-0.15, -0.1) is 21.5 Å². The number of anilines is 1. The van der Waals surface area contributed by atoms with Crippen molar-refractivity contribution in [3.63, 3.8) is 0 Å². The van der Waals surface area contributed by atoms with Crippen LogP contribution in [0.3, 0.4) is 0 Å². The smallest absolute Gasteiger partial charge is 0.348 e. The van der Waals surface area contributed by atoms with E-state index in [1.165, 1.54) is 42.5 Å². The van der Waals surface area contributed by atoms with E-state index in [9.17, 15) is 28.0 Å². The highest BCUT2D eigenvalue weighted by atomic mass is 32.2. The van der Waals surface area contributed by atoms with E-state index in [0.717, 1.165) is 29.2 Å². The molecule has 0 aliphatic carbocycles. The third-order valence-corrected chi connectivity index (χ3v) is 8.07. The summed E-state index contributed by atoms with van der Waals surface area (Å²) in [6, 6.07) is 10.6. The quantitative estimate of drug-likeness (QED) is 0.162. The van der Waals surface area contributed by atoms with E-state index in [1.54, 1.807) is 25.3 Å². The minimum Gasteiger partial charge on any atom is -0.462 e. The van der Waals surface area contributed by atoms with Crippen molar-refractivity contribution in [2.45, 2.75) is 32.5 Å². The summed E-state index contributed by atoms with van der Waals surface area (Å²) in [6.45, 7) is 4.98. The third-order valence-electron chi connectivity index (χ3n) is 5.95. The molecule has 0 saturated carbocycles. The summed E-state index contributed by atoms with van der Waals surface area (Å²) in [5, 5.41) is 14.0. The van der Waals surface area contributed by atoms with Crippen LogP contribution in [0, 0.1) is 18.6 Å². The van der Waals surface area contributed by atoms with Crippen LogP contribution in [0.25, 0.3) is 5.69 Å². The first kappa shape index (κ1) is 32.3. The van der Waals surface area contributed by atoms with Crippen molar-refractivity contribution in [1.82, 2.24) is 20.1 Å². The van der Waals surface area contributed by atoms with Crippen molar-refractivity contribution in [3.8, 4) is 5.69 Å². The van der Waals surface area contributed by atoms with Crippen LogP contribution in [0.4, 0.5) is 13.8 Å².